The van der Waals surface area contributed by atoms with Crippen molar-refractivity contribution in [1.29, 1.82) is 0 Å². The summed E-state index contributed by atoms with van der Waals surface area (Å²) >= 11 is 0. The van der Waals surface area contributed by atoms with Crippen LogP contribution >= 0.6 is 0 Å². The molecule has 0 fully saturated rings. The van der Waals surface area contributed by atoms with Crippen molar-refractivity contribution in [2.45, 2.75) is 25.4 Å². The summed E-state index contributed by atoms with van der Waals surface area (Å²) in [5.41, 5.74) is 4.81. The summed E-state index contributed by atoms with van der Waals surface area (Å²) in [5.74, 6) is 2.72. The van der Waals surface area contributed by atoms with E-state index in [1.807, 2.05) is 25.1 Å². The zero-order valence-electron chi connectivity index (χ0n) is 15.3. The number of aliphatic imine (C=N–C) groups is 1. The van der Waals surface area contributed by atoms with Crippen molar-refractivity contribution in [3.05, 3.63) is 102 Å². The lowest BCUT2D eigenvalue weighted by atomic mass is 10.2. The molecule has 0 aliphatic rings. The molecule has 0 heterocycles. The van der Waals surface area contributed by atoms with Gasteiger partial charge >= 0.3 is 0 Å². The maximum Gasteiger partial charge on any atom is 0.133 e. The molecule has 0 unspecified atom stereocenters. The summed E-state index contributed by atoms with van der Waals surface area (Å²) < 4.78 is 4.98. The maximum absolute atomic E-state index is 4.98. The van der Waals surface area contributed by atoms with Crippen molar-refractivity contribution in [1.82, 2.24) is 0 Å². The van der Waals surface area contributed by atoms with Crippen molar-refractivity contribution >= 4 is 22.2 Å². The van der Waals surface area contributed by atoms with Crippen molar-refractivity contribution in [3.8, 4) is 0 Å². The highest BCUT2D eigenvalue weighted by Crippen LogP contribution is 2.18. The molecule has 3 aromatic carbocycles. The van der Waals surface area contributed by atoms with Gasteiger partial charge in [0.1, 0.15) is 5.84 Å². The zero-order valence-corrected chi connectivity index (χ0v) is 16.1. The van der Waals surface area contributed by atoms with E-state index in [9.17, 15) is 0 Å². The Bertz CT molecular complexity index is 856. The molecule has 3 heteroatoms. The molecule has 0 saturated heterocycles. The first kappa shape index (κ1) is 18.3. The van der Waals surface area contributed by atoms with Crippen LogP contribution in [0.15, 0.2) is 94.3 Å². The van der Waals surface area contributed by atoms with Gasteiger partial charge in [-0.1, -0.05) is 89.6 Å². The third-order valence-electron chi connectivity index (χ3n) is 4.01. The van der Waals surface area contributed by atoms with Crippen LogP contribution in [0.3, 0.4) is 0 Å². The van der Waals surface area contributed by atoms with Crippen LogP contribution in [0.4, 0.5) is 5.69 Å². The Labute approximate surface area is 158 Å². The Kier molecular flexibility index (Phi) is 6.50. The van der Waals surface area contributed by atoms with Gasteiger partial charge in [-0.15, -0.1) is 0 Å². The van der Waals surface area contributed by atoms with E-state index < -0.39 is 0 Å². The summed E-state index contributed by atoms with van der Waals surface area (Å²) in [6.07, 6.45) is 0. The topological polar surface area (TPSA) is 24.7 Å². The minimum Gasteiger partial charge on any atom is -0.233 e. The van der Waals surface area contributed by atoms with Gasteiger partial charge in [-0.3, -0.25) is 0 Å². The Balaban J connectivity index is 1.88. The third-order valence-corrected chi connectivity index (χ3v) is 5.87. The maximum atomic E-state index is 4.98. The lowest BCUT2D eigenvalue weighted by Crippen LogP contribution is -2.02. The van der Waals surface area contributed by atoms with Crippen LogP contribution in [0, 0.1) is 6.92 Å². The van der Waals surface area contributed by atoms with Gasteiger partial charge < -0.3 is 0 Å². The zero-order chi connectivity index (χ0) is 18.2. The van der Waals surface area contributed by atoms with E-state index in [0.717, 1.165) is 23.0 Å². The smallest absolute Gasteiger partial charge is 0.133 e. The SMILES string of the molecule is CC(=Nc1ccccc1C)N=S(Cc1ccccc1)Cc1ccccc1. The summed E-state index contributed by atoms with van der Waals surface area (Å²) in [5, 5.41) is 0. The number of nitrogens with zero attached hydrogens (tertiary/aromatic N) is 2. The van der Waals surface area contributed by atoms with Crippen LogP contribution in [0.2, 0.25) is 0 Å². The molecule has 26 heavy (non-hydrogen) atoms. The first-order valence-electron chi connectivity index (χ1n) is 8.79. The van der Waals surface area contributed by atoms with Crippen molar-refractivity contribution in [2.24, 2.45) is 9.36 Å². The summed E-state index contributed by atoms with van der Waals surface area (Å²) in [6, 6.07) is 29.4. The van der Waals surface area contributed by atoms with Crippen LogP contribution in [0.5, 0.6) is 0 Å². The Morgan fingerprint density at radius 2 is 1.23 bits per heavy atom. The van der Waals surface area contributed by atoms with E-state index >= 15 is 0 Å². The molecule has 3 rings (SSSR count). The predicted molar refractivity (Wildman–Crippen MR) is 114 cm³/mol. The fourth-order valence-corrected chi connectivity index (χ4v) is 4.52. The highest BCUT2D eigenvalue weighted by molar-refractivity contribution is 7.86. The van der Waals surface area contributed by atoms with Gasteiger partial charge in [0, 0.05) is 11.5 Å². The predicted octanol–water partition coefficient (Wildman–Crippen LogP) is 6.25. The molecular weight excluding hydrogens is 336 g/mol. The van der Waals surface area contributed by atoms with E-state index in [2.05, 4.69) is 73.7 Å². The van der Waals surface area contributed by atoms with Crippen LogP contribution in [0.25, 0.3) is 0 Å². The van der Waals surface area contributed by atoms with Crippen LogP contribution in [-0.4, -0.2) is 5.84 Å². The lowest BCUT2D eigenvalue weighted by molar-refractivity contribution is 1.33. The Morgan fingerprint density at radius 1 is 0.731 bits per heavy atom. The lowest BCUT2D eigenvalue weighted by Gasteiger charge is -2.09. The Morgan fingerprint density at radius 3 is 1.77 bits per heavy atom. The van der Waals surface area contributed by atoms with Gasteiger partial charge in [-0.25, -0.2) is 9.36 Å². The molecule has 0 spiro atoms. The second kappa shape index (κ2) is 9.25. The molecular formula is C23H24N2S. The average molecular weight is 361 g/mol. The number of para-hydroxylation sites is 1. The average Bonchev–Trinajstić information content (AvgIpc) is 2.65. The standard InChI is InChI=1S/C23H24N2S/c1-19-11-9-10-16-23(19)24-20(2)25-26(17-21-12-5-3-6-13-21)18-22-14-7-4-8-15-22/h3-16H,17-18H2,1-2H3. The van der Waals surface area contributed by atoms with E-state index in [1.54, 1.807) is 0 Å². The van der Waals surface area contributed by atoms with Gasteiger partial charge in [-0.2, -0.15) is 0 Å². The van der Waals surface area contributed by atoms with E-state index in [4.69, 9.17) is 9.36 Å². The number of amidine groups is 1. The van der Waals surface area contributed by atoms with Gasteiger partial charge in [0.05, 0.1) is 5.69 Å². The van der Waals surface area contributed by atoms with Crippen molar-refractivity contribution < 1.29 is 0 Å². The molecule has 2 nitrogen and oxygen atoms in total. The molecule has 132 valence electrons. The second-order valence-corrected chi connectivity index (χ2v) is 7.94. The highest BCUT2D eigenvalue weighted by Gasteiger charge is 2.04. The molecule has 0 bridgehead atoms. The number of rotatable bonds is 5. The molecule has 0 atom stereocenters. The quantitative estimate of drug-likeness (QED) is 0.380. The second-order valence-electron chi connectivity index (χ2n) is 6.26. The largest absolute Gasteiger partial charge is 0.233 e. The molecule has 0 amide bonds. The van der Waals surface area contributed by atoms with E-state index in [-0.39, 0.29) is 10.7 Å². The molecule has 0 aliphatic heterocycles. The van der Waals surface area contributed by atoms with Crippen LogP contribution in [0.1, 0.15) is 23.6 Å². The summed E-state index contributed by atoms with van der Waals surface area (Å²) in [7, 11) is -0.143. The van der Waals surface area contributed by atoms with Gasteiger partial charge in [0.2, 0.25) is 0 Å². The third kappa shape index (κ3) is 5.50. The van der Waals surface area contributed by atoms with Crippen molar-refractivity contribution in [2.75, 3.05) is 0 Å². The molecule has 0 saturated carbocycles. The van der Waals surface area contributed by atoms with Gasteiger partial charge in [0.25, 0.3) is 0 Å². The number of hydrogen-bond acceptors (Lipinski definition) is 1. The van der Waals surface area contributed by atoms with Crippen LogP contribution < -0.4 is 0 Å². The van der Waals surface area contributed by atoms with Crippen molar-refractivity contribution in [3.63, 3.8) is 0 Å². The molecule has 0 radical (unpaired) electrons. The normalized spacial score (nSPS) is 11.6. The summed E-state index contributed by atoms with van der Waals surface area (Å²) in [4.78, 5) is 4.74. The fourth-order valence-electron chi connectivity index (χ4n) is 2.72. The van der Waals surface area contributed by atoms with Crippen LogP contribution in [-0.2, 0) is 22.2 Å². The minimum atomic E-state index is -0.143. The summed E-state index contributed by atoms with van der Waals surface area (Å²) in [6.45, 7) is 4.09. The first-order valence-corrected chi connectivity index (χ1v) is 10.3. The molecule has 0 N–H and O–H groups in total. The Hall–Kier alpha value is -2.52. The number of aryl methyl sites for hydroxylation is 1. The van der Waals surface area contributed by atoms with E-state index in [0.29, 0.717) is 0 Å². The molecule has 0 aromatic heterocycles. The molecule has 3 aromatic rings. The number of hydrogen-bond donors (Lipinski definition) is 0. The highest BCUT2D eigenvalue weighted by atomic mass is 32.2. The fraction of sp³-hybridized carbons (Fsp3) is 0.174. The van der Waals surface area contributed by atoms with Gasteiger partial charge in [0.15, 0.2) is 0 Å². The van der Waals surface area contributed by atoms with Gasteiger partial charge in [-0.05, 0) is 36.6 Å². The van der Waals surface area contributed by atoms with E-state index in [1.165, 1.54) is 16.7 Å². The molecule has 0 aliphatic carbocycles. The monoisotopic (exact) mass is 360 g/mol. The minimum absolute atomic E-state index is 0.143. The number of benzene rings is 3. The first-order chi connectivity index (χ1) is 12.7.